The van der Waals surface area contributed by atoms with Gasteiger partial charge in [0.2, 0.25) is 5.82 Å². The topological polar surface area (TPSA) is 89.4 Å². The summed E-state index contributed by atoms with van der Waals surface area (Å²) in [5, 5.41) is 7.00. The Hall–Kier alpha value is -2.48. The molecule has 0 aliphatic heterocycles. The number of hydrogen-bond acceptors (Lipinski definition) is 6. The predicted molar refractivity (Wildman–Crippen MR) is 97.5 cm³/mol. The average Bonchev–Trinajstić information content (AvgIpc) is 3.30. The van der Waals surface area contributed by atoms with E-state index in [0.717, 1.165) is 17.8 Å². The molecule has 0 bridgehead atoms. The summed E-state index contributed by atoms with van der Waals surface area (Å²) in [4.78, 5) is 23.4. The molecule has 0 radical (unpaired) electrons. The molecule has 3 aromatic heterocycles. The number of amides is 1. The van der Waals surface area contributed by atoms with Gasteiger partial charge in [-0.15, -0.1) is 16.4 Å². The van der Waals surface area contributed by atoms with Crippen molar-refractivity contribution in [3.05, 3.63) is 29.3 Å². The van der Waals surface area contributed by atoms with Crippen LogP contribution in [-0.2, 0) is 0 Å². The third-order valence-electron chi connectivity index (χ3n) is 4.78. The van der Waals surface area contributed by atoms with Crippen molar-refractivity contribution in [1.82, 2.24) is 24.5 Å². The van der Waals surface area contributed by atoms with Gasteiger partial charge >= 0.3 is 0 Å². The zero-order valence-corrected chi connectivity index (χ0v) is 14.9. The van der Waals surface area contributed by atoms with Crippen molar-refractivity contribution < 1.29 is 4.79 Å². The first-order valence-corrected chi connectivity index (χ1v) is 9.35. The summed E-state index contributed by atoms with van der Waals surface area (Å²) in [6, 6.07) is 3.74. The molecule has 0 atom stereocenters. The van der Waals surface area contributed by atoms with Gasteiger partial charge in [0.15, 0.2) is 10.7 Å². The Morgan fingerprint density at radius 2 is 2.12 bits per heavy atom. The van der Waals surface area contributed by atoms with E-state index in [1.165, 1.54) is 30.6 Å². The van der Waals surface area contributed by atoms with Crippen LogP contribution in [0.3, 0.4) is 0 Å². The van der Waals surface area contributed by atoms with Gasteiger partial charge in [-0.25, -0.2) is 9.97 Å². The maximum atomic E-state index is 12.9. The molecule has 1 saturated carbocycles. The van der Waals surface area contributed by atoms with Gasteiger partial charge < -0.3 is 10.6 Å². The Bertz CT molecular complexity index is 897. The van der Waals surface area contributed by atoms with Gasteiger partial charge in [0.25, 0.3) is 5.91 Å². The lowest BCUT2D eigenvalue weighted by molar-refractivity contribution is 0.0696. The number of anilines is 1. The molecule has 3 aromatic rings. The van der Waals surface area contributed by atoms with E-state index < -0.39 is 0 Å². The lowest BCUT2D eigenvalue weighted by atomic mass is 9.94. The molecule has 130 valence electrons. The highest BCUT2D eigenvalue weighted by Crippen LogP contribution is 2.25. The van der Waals surface area contributed by atoms with Crippen LogP contribution in [-0.4, -0.2) is 43.5 Å². The molecular formula is C17H20N6OS. The molecule has 0 unspecified atom stereocenters. The number of nitrogen functional groups attached to an aromatic ring is 1. The summed E-state index contributed by atoms with van der Waals surface area (Å²) in [5.74, 6) is 0.903. The van der Waals surface area contributed by atoms with Crippen LogP contribution < -0.4 is 5.73 Å². The van der Waals surface area contributed by atoms with E-state index in [4.69, 9.17) is 5.73 Å². The smallest absolute Gasteiger partial charge is 0.254 e. The normalized spacial score (nSPS) is 15.6. The standard InChI is InChI=1S/C17H20N6OS/c1-22(12-5-3-2-4-6-12)17(24)11-9-13(18)23-14(10-11)20-15(21-23)16-19-7-8-25-16/h7-10,12H,2-6,18H2,1H3. The second-order valence-corrected chi connectivity index (χ2v) is 7.31. The summed E-state index contributed by atoms with van der Waals surface area (Å²) >= 11 is 1.47. The van der Waals surface area contributed by atoms with Crippen LogP contribution >= 0.6 is 11.3 Å². The molecule has 1 fully saturated rings. The van der Waals surface area contributed by atoms with Crippen molar-refractivity contribution in [2.75, 3.05) is 12.8 Å². The van der Waals surface area contributed by atoms with E-state index in [0.29, 0.717) is 28.9 Å². The number of carbonyl (C=O) groups excluding carboxylic acids is 1. The van der Waals surface area contributed by atoms with Crippen molar-refractivity contribution in [2.45, 2.75) is 38.1 Å². The van der Waals surface area contributed by atoms with Gasteiger partial charge in [-0.1, -0.05) is 19.3 Å². The third kappa shape index (κ3) is 2.97. The average molecular weight is 356 g/mol. The van der Waals surface area contributed by atoms with Gasteiger partial charge in [-0.3, -0.25) is 4.79 Å². The fourth-order valence-corrected chi connectivity index (χ4v) is 3.96. The Labute approximate surface area is 149 Å². The van der Waals surface area contributed by atoms with Crippen LogP contribution in [0.4, 0.5) is 5.82 Å². The second-order valence-electron chi connectivity index (χ2n) is 6.42. The summed E-state index contributed by atoms with van der Waals surface area (Å²) in [6.07, 6.45) is 7.48. The van der Waals surface area contributed by atoms with Crippen LogP contribution in [0, 0.1) is 0 Å². The van der Waals surface area contributed by atoms with Crippen molar-refractivity contribution >= 4 is 28.7 Å². The Morgan fingerprint density at radius 1 is 1.32 bits per heavy atom. The number of thiazole rings is 1. The molecule has 0 spiro atoms. The second kappa shape index (κ2) is 6.44. The molecule has 25 heavy (non-hydrogen) atoms. The maximum Gasteiger partial charge on any atom is 0.254 e. The first-order valence-electron chi connectivity index (χ1n) is 8.47. The molecule has 8 heteroatoms. The van der Waals surface area contributed by atoms with Crippen LogP contribution in [0.5, 0.6) is 0 Å². The highest BCUT2D eigenvalue weighted by Gasteiger charge is 2.24. The zero-order chi connectivity index (χ0) is 17.4. The number of pyridine rings is 1. The minimum Gasteiger partial charge on any atom is -0.384 e. The van der Waals surface area contributed by atoms with Crippen molar-refractivity contribution in [2.24, 2.45) is 0 Å². The number of carbonyl (C=O) groups is 1. The largest absolute Gasteiger partial charge is 0.384 e. The molecule has 7 nitrogen and oxygen atoms in total. The molecule has 1 amide bonds. The van der Waals surface area contributed by atoms with Crippen LogP contribution in [0.1, 0.15) is 42.5 Å². The van der Waals surface area contributed by atoms with E-state index in [1.807, 2.05) is 17.3 Å². The first-order chi connectivity index (χ1) is 12.1. The van der Waals surface area contributed by atoms with E-state index in [-0.39, 0.29) is 5.91 Å². The lowest BCUT2D eigenvalue weighted by Gasteiger charge is -2.31. The Balaban J connectivity index is 1.66. The predicted octanol–water partition coefficient (Wildman–Crippen LogP) is 2.84. The summed E-state index contributed by atoms with van der Waals surface area (Å²) in [6.45, 7) is 0. The minimum absolute atomic E-state index is 0.0140. The number of nitrogens with two attached hydrogens (primary N) is 1. The van der Waals surface area contributed by atoms with Crippen molar-refractivity contribution in [3.8, 4) is 10.8 Å². The molecule has 0 saturated heterocycles. The van der Waals surface area contributed by atoms with Gasteiger partial charge in [0.1, 0.15) is 5.82 Å². The van der Waals surface area contributed by atoms with Gasteiger partial charge in [-0.05, 0) is 25.0 Å². The van der Waals surface area contributed by atoms with Crippen LogP contribution in [0.2, 0.25) is 0 Å². The van der Waals surface area contributed by atoms with E-state index in [2.05, 4.69) is 15.1 Å². The molecule has 4 rings (SSSR count). The van der Waals surface area contributed by atoms with Crippen LogP contribution in [0.15, 0.2) is 23.7 Å². The quantitative estimate of drug-likeness (QED) is 0.779. The highest BCUT2D eigenvalue weighted by atomic mass is 32.1. The Kier molecular flexibility index (Phi) is 4.12. The fourth-order valence-electron chi connectivity index (χ4n) is 3.39. The Morgan fingerprint density at radius 3 is 2.84 bits per heavy atom. The highest BCUT2D eigenvalue weighted by molar-refractivity contribution is 7.13. The molecule has 3 heterocycles. The van der Waals surface area contributed by atoms with E-state index >= 15 is 0 Å². The number of nitrogens with zero attached hydrogens (tertiary/aromatic N) is 5. The zero-order valence-electron chi connectivity index (χ0n) is 14.1. The van der Waals surface area contributed by atoms with E-state index in [9.17, 15) is 4.79 Å². The number of rotatable bonds is 3. The lowest BCUT2D eigenvalue weighted by Crippen LogP contribution is -2.38. The van der Waals surface area contributed by atoms with Crippen molar-refractivity contribution in [3.63, 3.8) is 0 Å². The summed E-state index contributed by atoms with van der Waals surface area (Å²) < 4.78 is 1.55. The van der Waals surface area contributed by atoms with Crippen LogP contribution in [0.25, 0.3) is 16.5 Å². The minimum atomic E-state index is -0.0140. The third-order valence-corrected chi connectivity index (χ3v) is 5.55. The summed E-state index contributed by atoms with van der Waals surface area (Å²) in [7, 11) is 1.88. The number of hydrogen-bond donors (Lipinski definition) is 1. The maximum absolute atomic E-state index is 12.9. The number of fused-ring (bicyclic) bond motifs is 1. The summed E-state index contributed by atoms with van der Waals surface area (Å²) in [5.41, 5.74) is 7.23. The monoisotopic (exact) mass is 356 g/mol. The van der Waals surface area contributed by atoms with Gasteiger partial charge in [0.05, 0.1) is 0 Å². The molecule has 2 N–H and O–H groups in total. The van der Waals surface area contributed by atoms with Crippen molar-refractivity contribution in [1.29, 1.82) is 0 Å². The van der Waals surface area contributed by atoms with Gasteiger partial charge in [0, 0.05) is 30.2 Å². The molecular weight excluding hydrogens is 336 g/mol. The fraction of sp³-hybridized carbons (Fsp3) is 0.412. The first kappa shape index (κ1) is 16.0. The molecule has 1 aliphatic rings. The SMILES string of the molecule is CN(C(=O)c1cc(N)n2nc(-c3nccs3)nc2c1)C1CCCCC1. The molecule has 1 aliphatic carbocycles. The van der Waals surface area contributed by atoms with Gasteiger partial charge in [-0.2, -0.15) is 4.52 Å². The number of aromatic nitrogens is 4. The van der Waals surface area contributed by atoms with E-state index in [1.54, 1.807) is 22.8 Å². The molecule has 0 aromatic carbocycles.